The third-order valence-electron chi connectivity index (χ3n) is 2.75. The van der Waals surface area contributed by atoms with E-state index in [1.807, 2.05) is 13.0 Å². The fourth-order valence-electron chi connectivity index (χ4n) is 1.70. The Balaban J connectivity index is 2.89. The van der Waals surface area contributed by atoms with E-state index in [1.165, 1.54) is 0 Å². The molecule has 0 spiro atoms. The largest absolute Gasteiger partial charge is 0.496 e. The normalized spacial score (nSPS) is 10.0. The number of carbonyl (C=O) groups excluding carboxylic acids is 1. The smallest absolute Gasteiger partial charge is 0.224 e. The third-order valence-corrected chi connectivity index (χ3v) is 2.75. The van der Waals surface area contributed by atoms with Gasteiger partial charge in [-0.05, 0) is 25.0 Å². The molecule has 0 heterocycles. The summed E-state index contributed by atoms with van der Waals surface area (Å²) in [7, 11) is 3.19. The number of hydrogen-bond acceptors (Lipinski definition) is 3. The Morgan fingerprint density at radius 2 is 1.89 bits per heavy atom. The topological polar surface area (TPSA) is 47.6 Å². The van der Waals surface area contributed by atoms with Crippen molar-refractivity contribution in [2.45, 2.75) is 33.1 Å². The van der Waals surface area contributed by atoms with E-state index in [0.29, 0.717) is 17.9 Å². The number of benzene rings is 1. The number of unbranched alkanes of at least 4 members (excludes halogenated alkanes) is 1. The highest BCUT2D eigenvalue weighted by Gasteiger charge is 2.11. The van der Waals surface area contributed by atoms with Crippen molar-refractivity contribution < 1.29 is 14.3 Å². The van der Waals surface area contributed by atoms with Crippen LogP contribution in [0.3, 0.4) is 0 Å². The van der Waals surface area contributed by atoms with Crippen LogP contribution in [0.15, 0.2) is 12.1 Å². The minimum Gasteiger partial charge on any atom is -0.496 e. The van der Waals surface area contributed by atoms with Crippen LogP contribution in [0.4, 0.5) is 5.69 Å². The number of rotatable bonds is 6. The van der Waals surface area contributed by atoms with Crippen molar-refractivity contribution in [3.8, 4) is 11.5 Å². The summed E-state index contributed by atoms with van der Waals surface area (Å²) in [6, 6.07) is 3.65. The lowest BCUT2D eigenvalue weighted by Crippen LogP contribution is -2.12. The molecule has 4 heteroatoms. The van der Waals surface area contributed by atoms with Crippen molar-refractivity contribution in [3.05, 3.63) is 17.7 Å². The van der Waals surface area contributed by atoms with Crippen LogP contribution in [0.2, 0.25) is 0 Å². The second-order valence-corrected chi connectivity index (χ2v) is 4.17. The zero-order valence-corrected chi connectivity index (χ0v) is 11.5. The average molecular weight is 251 g/mol. The summed E-state index contributed by atoms with van der Waals surface area (Å²) < 4.78 is 10.5. The third kappa shape index (κ3) is 3.65. The summed E-state index contributed by atoms with van der Waals surface area (Å²) >= 11 is 0. The monoisotopic (exact) mass is 251 g/mol. The SMILES string of the molecule is CCCCC(=O)Nc1cc(OC)c(C)cc1OC. The van der Waals surface area contributed by atoms with Crippen molar-refractivity contribution >= 4 is 11.6 Å². The highest BCUT2D eigenvalue weighted by Crippen LogP contribution is 2.32. The van der Waals surface area contributed by atoms with E-state index in [2.05, 4.69) is 12.2 Å². The van der Waals surface area contributed by atoms with Crippen LogP contribution >= 0.6 is 0 Å². The van der Waals surface area contributed by atoms with Gasteiger partial charge in [0.25, 0.3) is 0 Å². The number of methoxy groups -OCH3 is 2. The van der Waals surface area contributed by atoms with Crippen LogP contribution < -0.4 is 14.8 Å². The van der Waals surface area contributed by atoms with Gasteiger partial charge in [0.1, 0.15) is 11.5 Å². The van der Waals surface area contributed by atoms with E-state index >= 15 is 0 Å². The van der Waals surface area contributed by atoms with Crippen molar-refractivity contribution in [1.29, 1.82) is 0 Å². The number of hydrogen-bond donors (Lipinski definition) is 1. The van der Waals surface area contributed by atoms with Gasteiger partial charge in [-0.3, -0.25) is 4.79 Å². The minimum absolute atomic E-state index is 0.000978. The molecule has 0 radical (unpaired) electrons. The zero-order chi connectivity index (χ0) is 13.5. The fourth-order valence-corrected chi connectivity index (χ4v) is 1.70. The van der Waals surface area contributed by atoms with Crippen molar-refractivity contribution in [2.75, 3.05) is 19.5 Å². The molecule has 1 aromatic carbocycles. The van der Waals surface area contributed by atoms with Gasteiger partial charge < -0.3 is 14.8 Å². The molecule has 0 saturated heterocycles. The molecule has 100 valence electrons. The highest BCUT2D eigenvalue weighted by molar-refractivity contribution is 5.92. The standard InChI is InChI=1S/C14H21NO3/c1-5-6-7-14(16)15-11-9-12(17-3)10(2)8-13(11)18-4/h8-9H,5-7H2,1-4H3,(H,15,16). The number of nitrogens with one attached hydrogen (secondary N) is 1. The first kappa shape index (κ1) is 14.4. The Bertz CT molecular complexity index is 416. The Kier molecular flexibility index (Phi) is 5.49. The summed E-state index contributed by atoms with van der Waals surface area (Å²) in [5.74, 6) is 1.39. The van der Waals surface area contributed by atoms with Gasteiger partial charge in [0.2, 0.25) is 5.91 Å². The Labute approximate surface area is 108 Å². The van der Waals surface area contributed by atoms with Gasteiger partial charge in [0, 0.05) is 12.5 Å². The Hall–Kier alpha value is -1.71. The summed E-state index contributed by atoms with van der Waals surface area (Å²) in [5, 5.41) is 2.85. The molecule has 1 amide bonds. The van der Waals surface area contributed by atoms with Gasteiger partial charge in [-0.15, -0.1) is 0 Å². The quantitative estimate of drug-likeness (QED) is 0.845. The van der Waals surface area contributed by atoms with Crippen molar-refractivity contribution in [3.63, 3.8) is 0 Å². The second kappa shape index (κ2) is 6.89. The number of amides is 1. The van der Waals surface area contributed by atoms with Gasteiger partial charge in [-0.2, -0.15) is 0 Å². The van der Waals surface area contributed by atoms with E-state index < -0.39 is 0 Å². The molecule has 0 bridgehead atoms. The lowest BCUT2D eigenvalue weighted by atomic mass is 10.1. The van der Waals surface area contributed by atoms with Crippen LogP contribution in [-0.4, -0.2) is 20.1 Å². The first-order chi connectivity index (χ1) is 8.62. The summed E-state index contributed by atoms with van der Waals surface area (Å²) in [5.41, 5.74) is 1.63. The number of carbonyl (C=O) groups is 1. The molecule has 0 atom stereocenters. The molecule has 0 aliphatic rings. The van der Waals surface area contributed by atoms with E-state index in [4.69, 9.17) is 9.47 Å². The molecule has 1 rings (SSSR count). The molecule has 18 heavy (non-hydrogen) atoms. The maximum Gasteiger partial charge on any atom is 0.224 e. The van der Waals surface area contributed by atoms with Gasteiger partial charge in [0.15, 0.2) is 0 Å². The second-order valence-electron chi connectivity index (χ2n) is 4.17. The van der Waals surface area contributed by atoms with E-state index in [1.54, 1.807) is 20.3 Å². The molecule has 1 N–H and O–H groups in total. The maximum atomic E-state index is 11.7. The molecule has 0 aliphatic carbocycles. The first-order valence-corrected chi connectivity index (χ1v) is 6.14. The van der Waals surface area contributed by atoms with Crippen molar-refractivity contribution in [2.24, 2.45) is 0 Å². The predicted molar refractivity (Wildman–Crippen MR) is 72.4 cm³/mol. The Morgan fingerprint density at radius 1 is 1.22 bits per heavy atom. The zero-order valence-electron chi connectivity index (χ0n) is 11.5. The highest BCUT2D eigenvalue weighted by atomic mass is 16.5. The number of ether oxygens (including phenoxy) is 2. The summed E-state index contributed by atoms with van der Waals surface area (Å²) in [6.07, 6.45) is 2.41. The van der Waals surface area contributed by atoms with Crippen LogP contribution in [0.5, 0.6) is 11.5 Å². The molecule has 4 nitrogen and oxygen atoms in total. The average Bonchev–Trinajstić information content (AvgIpc) is 2.37. The number of anilines is 1. The molecule has 1 aromatic rings. The Morgan fingerprint density at radius 3 is 2.44 bits per heavy atom. The van der Waals surface area contributed by atoms with Gasteiger partial charge in [-0.1, -0.05) is 13.3 Å². The lowest BCUT2D eigenvalue weighted by Gasteiger charge is -2.13. The molecule has 0 aromatic heterocycles. The first-order valence-electron chi connectivity index (χ1n) is 6.14. The summed E-state index contributed by atoms with van der Waals surface area (Å²) in [6.45, 7) is 3.99. The van der Waals surface area contributed by atoms with Gasteiger partial charge in [-0.25, -0.2) is 0 Å². The van der Waals surface area contributed by atoms with Crippen molar-refractivity contribution in [1.82, 2.24) is 0 Å². The van der Waals surface area contributed by atoms with Crippen LogP contribution in [-0.2, 0) is 4.79 Å². The lowest BCUT2D eigenvalue weighted by molar-refractivity contribution is -0.116. The molecule has 0 aliphatic heterocycles. The van der Waals surface area contributed by atoms with Crippen LogP contribution in [0, 0.1) is 6.92 Å². The molecule has 0 saturated carbocycles. The fraction of sp³-hybridized carbons (Fsp3) is 0.500. The van der Waals surface area contributed by atoms with E-state index in [-0.39, 0.29) is 5.91 Å². The number of aryl methyl sites for hydroxylation is 1. The van der Waals surface area contributed by atoms with Gasteiger partial charge in [0.05, 0.1) is 19.9 Å². The predicted octanol–water partition coefficient (Wildman–Crippen LogP) is 3.14. The van der Waals surface area contributed by atoms with E-state index in [0.717, 1.165) is 24.2 Å². The van der Waals surface area contributed by atoms with Crippen LogP contribution in [0.25, 0.3) is 0 Å². The van der Waals surface area contributed by atoms with Gasteiger partial charge >= 0.3 is 0 Å². The minimum atomic E-state index is 0.000978. The van der Waals surface area contributed by atoms with E-state index in [9.17, 15) is 4.79 Å². The van der Waals surface area contributed by atoms with Crippen LogP contribution in [0.1, 0.15) is 31.7 Å². The summed E-state index contributed by atoms with van der Waals surface area (Å²) in [4.78, 5) is 11.7. The molecular formula is C14H21NO3. The molecule has 0 unspecified atom stereocenters. The maximum absolute atomic E-state index is 11.7. The molecular weight excluding hydrogens is 230 g/mol. The molecule has 0 fully saturated rings.